The normalized spacial score (nSPS) is 28.7. The first-order chi connectivity index (χ1) is 6.21. The molecule has 0 radical (unpaired) electrons. The molecule has 1 aliphatic rings. The van der Waals surface area contributed by atoms with Crippen LogP contribution in [0, 0.1) is 10.8 Å². The molecule has 0 saturated carbocycles. The van der Waals surface area contributed by atoms with E-state index in [0.717, 1.165) is 6.42 Å². The highest BCUT2D eigenvalue weighted by atomic mass is 15.5. The number of rotatable bonds is 0. The van der Waals surface area contributed by atoms with E-state index in [1.165, 1.54) is 0 Å². The fourth-order valence-electron chi connectivity index (χ4n) is 1.57. The van der Waals surface area contributed by atoms with Crippen molar-refractivity contribution in [3.05, 3.63) is 0 Å². The Morgan fingerprint density at radius 3 is 2.00 bits per heavy atom. The number of hydrogen-bond donors (Lipinski definition) is 1. The van der Waals surface area contributed by atoms with Gasteiger partial charge < -0.3 is 0 Å². The molecule has 14 heavy (non-hydrogen) atoms. The number of hydrogen-bond acceptors (Lipinski definition) is 3. The van der Waals surface area contributed by atoms with E-state index in [1.54, 1.807) is 0 Å². The minimum absolute atomic E-state index is 0.217. The van der Waals surface area contributed by atoms with Gasteiger partial charge in [-0.2, -0.15) is 5.11 Å². The Hall–Kier alpha value is -0.600. The van der Waals surface area contributed by atoms with E-state index in [-0.39, 0.29) is 10.8 Å². The van der Waals surface area contributed by atoms with Crippen molar-refractivity contribution in [2.45, 2.75) is 60.0 Å². The van der Waals surface area contributed by atoms with Gasteiger partial charge in [-0.25, -0.2) is 0 Å². The van der Waals surface area contributed by atoms with Crippen LogP contribution in [0.3, 0.4) is 0 Å². The Kier molecular flexibility index (Phi) is 2.88. The van der Waals surface area contributed by atoms with Gasteiger partial charge in [0.25, 0.3) is 0 Å². The second kappa shape index (κ2) is 3.52. The van der Waals surface area contributed by atoms with Crippen LogP contribution in [0.5, 0.6) is 0 Å². The molecule has 0 aromatic carbocycles. The molecule has 1 heterocycles. The van der Waals surface area contributed by atoms with Gasteiger partial charge in [-0.3, -0.25) is 5.43 Å². The van der Waals surface area contributed by atoms with Gasteiger partial charge in [0.15, 0.2) is 0 Å². The molecule has 1 N–H and O–H groups in total. The van der Waals surface area contributed by atoms with Gasteiger partial charge in [-0.15, -0.1) is 0 Å². The molecule has 0 bridgehead atoms. The summed E-state index contributed by atoms with van der Waals surface area (Å²) < 4.78 is 0. The summed E-state index contributed by atoms with van der Waals surface area (Å²) in [5, 5.41) is 8.33. The van der Waals surface area contributed by atoms with E-state index in [4.69, 9.17) is 0 Å². The van der Waals surface area contributed by atoms with E-state index >= 15 is 0 Å². The summed E-state index contributed by atoms with van der Waals surface area (Å²) in [4.78, 5) is 0. The van der Waals surface area contributed by atoms with Gasteiger partial charge in [-0.1, -0.05) is 46.8 Å². The standard InChI is InChI=1S/C11H23N3/c1-10(2,3)8-7-9(11(4,5)6)13-14-12-8/h8-9H,7H2,1-6H3,(H,12,13). The van der Waals surface area contributed by atoms with Crippen LogP contribution in [0.15, 0.2) is 10.3 Å². The fourth-order valence-corrected chi connectivity index (χ4v) is 1.57. The molecule has 0 spiro atoms. The largest absolute Gasteiger partial charge is 0.288 e. The molecule has 0 fully saturated rings. The summed E-state index contributed by atoms with van der Waals surface area (Å²) in [5.41, 5.74) is 3.59. The average molecular weight is 197 g/mol. The van der Waals surface area contributed by atoms with Gasteiger partial charge in [0.1, 0.15) is 0 Å². The van der Waals surface area contributed by atoms with Gasteiger partial charge in [0.05, 0.1) is 12.1 Å². The zero-order valence-corrected chi connectivity index (χ0v) is 10.3. The zero-order valence-electron chi connectivity index (χ0n) is 10.3. The predicted octanol–water partition coefficient (Wildman–Crippen LogP) is 3.18. The fraction of sp³-hybridized carbons (Fsp3) is 1.00. The van der Waals surface area contributed by atoms with Crippen molar-refractivity contribution in [2.24, 2.45) is 21.2 Å². The Balaban J connectivity index is 2.71. The Morgan fingerprint density at radius 1 is 1.00 bits per heavy atom. The maximum atomic E-state index is 4.28. The van der Waals surface area contributed by atoms with E-state index < -0.39 is 0 Å². The third kappa shape index (κ3) is 2.69. The van der Waals surface area contributed by atoms with Crippen LogP contribution in [-0.2, 0) is 0 Å². The molecular weight excluding hydrogens is 174 g/mol. The summed E-state index contributed by atoms with van der Waals surface area (Å²) in [7, 11) is 0. The Bertz CT molecular complexity index is 220. The summed E-state index contributed by atoms with van der Waals surface area (Å²) >= 11 is 0. The molecule has 2 atom stereocenters. The van der Waals surface area contributed by atoms with Crippen LogP contribution in [0.25, 0.3) is 0 Å². The summed E-state index contributed by atoms with van der Waals surface area (Å²) in [6.45, 7) is 13.4. The van der Waals surface area contributed by atoms with Crippen molar-refractivity contribution in [1.82, 2.24) is 5.43 Å². The highest BCUT2D eigenvalue weighted by Gasteiger charge is 2.35. The predicted molar refractivity (Wildman–Crippen MR) is 59.1 cm³/mol. The maximum absolute atomic E-state index is 4.28. The van der Waals surface area contributed by atoms with Gasteiger partial charge >= 0.3 is 0 Å². The SMILES string of the molecule is CC(C)(C)C1CC(C(C)(C)C)NN=N1. The van der Waals surface area contributed by atoms with Gasteiger partial charge in [-0.05, 0) is 17.3 Å². The highest BCUT2D eigenvalue weighted by molar-refractivity contribution is 4.90. The second-order valence-corrected chi connectivity index (χ2v) is 6.38. The van der Waals surface area contributed by atoms with Crippen molar-refractivity contribution in [3.8, 4) is 0 Å². The lowest BCUT2D eigenvalue weighted by atomic mass is 9.77. The first kappa shape index (κ1) is 11.5. The van der Waals surface area contributed by atoms with Crippen LogP contribution < -0.4 is 5.43 Å². The molecule has 3 heteroatoms. The minimum Gasteiger partial charge on any atom is -0.288 e. The van der Waals surface area contributed by atoms with Gasteiger partial charge in [0, 0.05) is 0 Å². The van der Waals surface area contributed by atoms with Crippen molar-refractivity contribution >= 4 is 0 Å². The van der Waals surface area contributed by atoms with Crippen LogP contribution in [-0.4, -0.2) is 12.1 Å². The van der Waals surface area contributed by atoms with E-state index in [2.05, 4.69) is 57.3 Å². The Labute approximate surface area is 87.3 Å². The highest BCUT2D eigenvalue weighted by Crippen LogP contribution is 2.33. The first-order valence-corrected chi connectivity index (χ1v) is 5.36. The molecule has 3 nitrogen and oxygen atoms in total. The lowest BCUT2D eigenvalue weighted by molar-refractivity contribution is 0.168. The number of nitrogens with one attached hydrogen (secondary N) is 1. The molecule has 0 aromatic rings. The zero-order chi connectivity index (χ0) is 11.0. The molecule has 2 unspecified atom stereocenters. The van der Waals surface area contributed by atoms with E-state index in [9.17, 15) is 0 Å². The lowest BCUT2D eigenvalue weighted by Gasteiger charge is -2.38. The van der Waals surface area contributed by atoms with Crippen molar-refractivity contribution in [1.29, 1.82) is 0 Å². The van der Waals surface area contributed by atoms with E-state index in [0.29, 0.717) is 12.1 Å². The average Bonchev–Trinajstić information content (AvgIpc) is 2.01. The molecular formula is C11H23N3. The summed E-state index contributed by atoms with van der Waals surface area (Å²) in [5.74, 6) is 0. The van der Waals surface area contributed by atoms with Crippen molar-refractivity contribution < 1.29 is 0 Å². The molecule has 1 aliphatic heterocycles. The third-order valence-electron chi connectivity index (χ3n) is 2.91. The summed E-state index contributed by atoms with van der Waals surface area (Å²) in [6, 6.07) is 0.775. The molecule has 1 rings (SSSR count). The first-order valence-electron chi connectivity index (χ1n) is 5.36. The molecule has 0 amide bonds. The van der Waals surface area contributed by atoms with Crippen LogP contribution in [0.2, 0.25) is 0 Å². The van der Waals surface area contributed by atoms with Gasteiger partial charge in [0.2, 0.25) is 0 Å². The third-order valence-corrected chi connectivity index (χ3v) is 2.91. The topological polar surface area (TPSA) is 36.8 Å². The molecule has 82 valence electrons. The Morgan fingerprint density at radius 2 is 1.57 bits per heavy atom. The molecule has 0 aromatic heterocycles. The van der Waals surface area contributed by atoms with Crippen molar-refractivity contribution in [2.75, 3.05) is 0 Å². The maximum Gasteiger partial charge on any atom is 0.0798 e. The van der Waals surface area contributed by atoms with Crippen LogP contribution in [0.4, 0.5) is 0 Å². The summed E-state index contributed by atoms with van der Waals surface area (Å²) in [6.07, 6.45) is 1.08. The second-order valence-electron chi connectivity index (χ2n) is 6.38. The smallest absolute Gasteiger partial charge is 0.0798 e. The van der Waals surface area contributed by atoms with Crippen molar-refractivity contribution in [3.63, 3.8) is 0 Å². The minimum atomic E-state index is 0.217. The van der Waals surface area contributed by atoms with Crippen LogP contribution in [0.1, 0.15) is 48.0 Å². The van der Waals surface area contributed by atoms with E-state index in [1.807, 2.05) is 0 Å². The van der Waals surface area contributed by atoms with Crippen LogP contribution >= 0.6 is 0 Å². The quantitative estimate of drug-likeness (QED) is 0.636. The number of nitrogens with zero attached hydrogens (tertiary/aromatic N) is 2. The lowest BCUT2D eigenvalue weighted by Crippen LogP contribution is -2.45. The molecule has 0 saturated heterocycles. The molecule has 0 aliphatic carbocycles. The monoisotopic (exact) mass is 197 g/mol.